The quantitative estimate of drug-likeness (QED) is 0.631. The maximum atomic E-state index is 12.4. The van der Waals surface area contributed by atoms with Gasteiger partial charge in [0.25, 0.3) is 0 Å². The van der Waals surface area contributed by atoms with Gasteiger partial charge in [-0.15, -0.1) is 0 Å². The van der Waals surface area contributed by atoms with Crippen LogP contribution in [0.4, 0.5) is 0 Å². The van der Waals surface area contributed by atoms with Crippen molar-refractivity contribution in [2.75, 3.05) is 26.7 Å². The number of Topliss-reactive ketones (excluding diaryl/α,β-unsaturated/α-hetero) is 1. The molecule has 0 saturated carbocycles. The molecule has 0 amide bonds. The molecule has 1 aromatic carbocycles. The van der Waals surface area contributed by atoms with E-state index < -0.39 is 0 Å². The van der Waals surface area contributed by atoms with Gasteiger partial charge in [-0.25, -0.2) is 0 Å². The van der Waals surface area contributed by atoms with Crippen molar-refractivity contribution in [3.05, 3.63) is 65.7 Å². The summed E-state index contributed by atoms with van der Waals surface area (Å²) in [4.78, 5) is 23.4. The monoisotopic (exact) mass is 375 g/mol. The third kappa shape index (κ3) is 3.76. The maximum Gasteiger partial charge on any atom is 0.176 e. The van der Waals surface area contributed by atoms with E-state index in [2.05, 4.69) is 28.9 Å². The van der Waals surface area contributed by atoms with Gasteiger partial charge in [-0.05, 0) is 74.1 Å². The predicted molar refractivity (Wildman–Crippen MR) is 110 cm³/mol. The Balaban J connectivity index is 1.43. The summed E-state index contributed by atoms with van der Waals surface area (Å²) in [5.74, 6) is 1.50. The lowest BCUT2D eigenvalue weighted by Gasteiger charge is -2.31. The summed E-state index contributed by atoms with van der Waals surface area (Å²) in [6.07, 6.45) is 7.34. The SMILES string of the molecule is COc1ccc2cnc(C3CCN(CC(=O)c4ccncc4)CC3)cc2c1C. The van der Waals surface area contributed by atoms with Crippen molar-refractivity contribution in [2.45, 2.75) is 25.7 Å². The third-order valence-corrected chi connectivity index (χ3v) is 5.74. The number of hydrogen-bond acceptors (Lipinski definition) is 5. The number of pyridine rings is 2. The van der Waals surface area contributed by atoms with Crippen molar-refractivity contribution < 1.29 is 9.53 Å². The Hall–Kier alpha value is -2.79. The lowest BCUT2D eigenvalue weighted by Crippen LogP contribution is -2.37. The Labute approximate surface area is 165 Å². The summed E-state index contributed by atoms with van der Waals surface area (Å²) in [6.45, 7) is 4.40. The molecule has 28 heavy (non-hydrogen) atoms. The van der Waals surface area contributed by atoms with Crippen molar-refractivity contribution in [2.24, 2.45) is 0 Å². The summed E-state index contributed by atoms with van der Waals surface area (Å²) in [6, 6.07) is 9.84. The fraction of sp³-hybridized carbons (Fsp3) is 0.348. The molecule has 0 bridgehead atoms. The van der Waals surface area contributed by atoms with Crippen LogP contribution in [0, 0.1) is 6.92 Å². The first kappa shape index (κ1) is 18.6. The molecule has 3 heterocycles. The average Bonchev–Trinajstić information content (AvgIpc) is 2.75. The standard InChI is InChI=1S/C23H25N3O2/c1-16-20-13-21(25-14-19(20)3-4-23(16)28-2)17-7-11-26(12-8-17)15-22(27)18-5-9-24-10-6-18/h3-6,9-10,13-14,17H,7-8,11-12,15H2,1-2H3. The number of fused-ring (bicyclic) bond motifs is 1. The molecule has 1 aliphatic heterocycles. The maximum absolute atomic E-state index is 12.4. The molecule has 0 N–H and O–H groups in total. The van der Waals surface area contributed by atoms with Crippen LogP contribution in [-0.2, 0) is 0 Å². The molecular weight excluding hydrogens is 350 g/mol. The fourth-order valence-electron chi connectivity index (χ4n) is 4.03. The smallest absolute Gasteiger partial charge is 0.176 e. The van der Waals surface area contributed by atoms with Gasteiger partial charge in [0, 0.05) is 41.2 Å². The van der Waals surface area contributed by atoms with Gasteiger partial charge in [-0.3, -0.25) is 19.7 Å². The highest BCUT2D eigenvalue weighted by Crippen LogP contribution is 2.32. The highest BCUT2D eigenvalue weighted by atomic mass is 16.5. The molecule has 0 unspecified atom stereocenters. The Morgan fingerprint density at radius 1 is 1.18 bits per heavy atom. The minimum absolute atomic E-state index is 0.160. The Bertz CT molecular complexity index is 980. The van der Waals surface area contributed by atoms with Crippen LogP contribution in [0.15, 0.2) is 48.9 Å². The van der Waals surface area contributed by atoms with Crippen LogP contribution >= 0.6 is 0 Å². The molecule has 3 aromatic rings. The van der Waals surface area contributed by atoms with Gasteiger partial charge in [0.2, 0.25) is 0 Å². The molecule has 1 aliphatic rings. The summed E-state index contributed by atoms with van der Waals surface area (Å²) in [7, 11) is 1.71. The number of methoxy groups -OCH3 is 1. The van der Waals surface area contributed by atoms with Gasteiger partial charge in [0.15, 0.2) is 5.78 Å². The lowest BCUT2D eigenvalue weighted by molar-refractivity contribution is 0.0909. The number of benzene rings is 1. The molecule has 0 atom stereocenters. The van der Waals surface area contributed by atoms with Crippen LogP contribution in [0.5, 0.6) is 5.75 Å². The van der Waals surface area contributed by atoms with E-state index in [4.69, 9.17) is 9.72 Å². The minimum Gasteiger partial charge on any atom is -0.496 e. The van der Waals surface area contributed by atoms with Crippen LogP contribution in [-0.4, -0.2) is 47.4 Å². The van der Waals surface area contributed by atoms with E-state index >= 15 is 0 Å². The highest BCUT2D eigenvalue weighted by molar-refractivity contribution is 5.97. The number of aromatic nitrogens is 2. The van der Waals surface area contributed by atoms with Crippen molar-refractivity contribution >= 4 is 16.6 Å². The number of carbonyl (C=O) groups excluding carboxylic acids is 1. The van der Waals surface area contributed by atoms with Crippen LogP contribution < -0.4 is 4.74 Å². The number of piperidine rings is 1. The number of ketones is 1. The Morgan fingerprint density at radius 3 is 2.64 bits per heavy atom. The molecule has 2 aromatic heterocycles. The first-order chi connectivity index (χ1) is 13.7. The molecule has 5 heteroatoms. The number of rotatable bonds is 5. The highest BCUT2D eigenvalue weighted by Gasteiger charge is 2.23. The summed E-state index contributed by atoms with van der Waals surface area (Å²) in [5, 5.41) is 2.35. The number of likely N-dealkylation sites (tertiary alicyclic amines) is 1. The lowest BCUT2D eigenvalue weighted by atomic mass is 9.91. The normalized spacial score (nSPS) is 15.6. The predicted octanol–water partition coefficient (Wildman–Crippen LogP) is 4.01. The Morgan fingerprint density at radius 2 is 1.93 bits per heavy atom. The number of nitrogens with zero attached hydrogens (tertiary/aromatic N) is 3. The van der Waals surface area contributed by atoms with E-state index in [1.54, 1.807) is 31.6 Å². The van der Waals surface area contributed by atoms with E-state index in [9.17, 15) is 4.79 Å². The van der Waals surface area contributed by atoms with Crippen molar-refractivity contribution in [3.63, 3.8) is 0 Å². The first-order valence-corrected chi connectivity index (χ1v) is 9.74. The largest absolute Gasteiger partial charge is 0.496 e. The van der Waals surface area contributed by atoms with Crippen LogP contribution in [0.25, 0.3) is 10.8 Å². The molecule has 4 rings (SSSR count). The number of carbonyl (C=O) groups is 1. The zero-order chi connectivity index (χ0) is 19.5. The van der Waals surface area contributed by atoms with Crippen molar-refractivity contribution in [1.82, 2.24) is 14.9 Å². The molecule has 0 spiro atoms. The molecule has 5 nitrogen and oxygen atoms in total. The van der Waals surface area contributed by atoms with E-state index in [1.165, 1.54) is 5.39 Å². The summed E-state index contributed by atoms with van der Waals surface area (Å²) >= 11 is 0. The van der Waals surface area contributed by atoms with E-state index in [1.807, 2.05) is 12.3 Å². The number of hydrogen-bond donors (Lipinski definition) is 0. The van der Waals surface area contributed by atoms with Crippen LogP contribution in [0.3, 0.4) is 0 Å². The van der Waals surface area contributed by atoms with E-state index in [0.717, 1.165) is 53.9 Å². The van der Waals surface area contributed by atoms with Gasteiger partial charge in [0.05, 0.1) is 13.7 Å². The molecule has 0 aliphatic carbocycles. The molecule has 1 saturated heterocycles. The van der Waals surface area contributed by atoms with Gasteiger partial charge in [-0.1, -0.05) is 0 Å². The molecule has 0 radical (unpaired) electrons. The second-order valence-electron chi connectivity index (χ2n) is 7.43. The molecular formula is C23H25N3O2. The summed E-state index contributed by atoms with van der Waals surface area (Å²) < 4.78 is 5.46. The van der Waals surface area contributed by atoms with Crippen molar-refractivity contribution in [3.8, 4) is 5.75 Å². The zero-order valence-corrected chi connectivity index (χ0v) is 16.4. The van der Waals surface area contributed by atoms with Crippen LogP contribution in [0.1, 0.15) is 40.4 Å². The molecule has 1 fully saturated rings. The van der Waals surface area contributed by atoms with Gasteiger partial charge in [0.1, 0.15) is 5.75 Å². The van der Waals surface area contributed by atoms with Gasteiger partial charge in [-0.2, -0.15) is 0 Å². The molecule has 144 valence electrons. The minimum atomic E-state index is 0.160. The van der Waals surface area contributed by atoms with Gasteiger partial charge < -0.3 is 4.74 Å². The fourth-order valence-corrected chi connectivity index (χ4v) is 4.03. The van der Waals surface area contributed by atoms with E-state index in [0.29, 0.717) is 12.5 Å². The number of aryl methyl sites for hydroxylation is 1. The topological polar surface area (TPSA) is 55.3 Å². The summed E-state index contributed by atoms with van der Waals surface area (Å²) in [5.41, 5.74) is 3.03. The average molecular weight is 375 g/mol. The third-order valence-electron chi connectivity index (χ3n) is 5.74. The van der Waals surface area contributed by atoms with Gasteiger partial charge >= 0.3 is 0 Å². The Kier molecular flexibility index (Phi) is 5.35. The van der Waals surface area contributed by atoms with E-state index in [-0.39, 0.29) is 5.78 Å². The first-order valence-electron chi connectivity index (χ1n) is 9.74. The van der Waals surface area contributed by atoms with Crippen molar-refractivity contribution in [1.29, 1.82) is 0 Å². The number of ether oxygens (including phenoxy) is 1. The zero-order valence-electron chi connectivity index (χ0n) is 16.4. The van der Waals surface area contributed by atoms with Crippen LogP contribution in [0.2, 0.25) is 0 Å². The second-order valence-corrected chi connectivity index (χ2v) is 7.43. The second kappa shape index (κ2) is 8.07.